The van der Waals surface area contributed by atoms with E-state index >= 15 is 0 Å². The van der Waals surface area contributed by atoms with Crippen LogP contribution in [0.1, 0.15) is 27.7 Å². The maximum atomic E-state index is 14.9. The smallest absolute Gasteiger partial charge is 0.410 e. The Morgan fingerprint density at radius 1 is 1.31 bits per heavy atom. The van der Waals surface area contributed by atoms with Crippen LogP contribution in [-0.4, -0.2) is 75.7 Å². The lowest BCUT2D eigenvalue weighted by Crippen LogP contribution is -2.46. The van der Waals surface area contributed by atoms with Crippen molar-refractivity contribution >= 4 is 57.9 Å². The number of rotatable bonds is 5. The highest BCUT2D eigenvalue weighted by Crippen LogP contribution is 2.41. The van der Waals surface area contributed by atoms with Crippen molar-refractivity contribution in [2.75, 3.05) is 37.5 Å². The van der Waals surface area contributed by atoms with E-state index < -0.39 is 17.5 Å². The molecule has 176 valence electrons. The molecule has 0 fully saturated rings. The number of hydrogen-bond acceptors (Lipinski definition) is 9. The summed E-state index contributed by atoms with van der Waals surface area (Å²) >= 11 is 8.90. The minimum absolute atomic E-state index is 0.0637. The zero-order valence-corrected chi connectivity index (χ0v) is 21.5. The van der Waals surface area contributed by atoms with Crippen LogP contribution in [0.25, 0.3) is 10.9 Å². The Morgan fingerprint density at radius 2 is 2.00 bits per heavy atom. The summed E-state index contributed by atoms with van der Waals surface area (Å²) in [5.74, 6) is -0.0173. The number of amides is 1. The number of nitrogens with zero attached hydrogens (tertiary/aromatic N) is 5. The van der Waals surface area contributed by atoms with Crippen LogP contribution in [0.15, 0.2) is 5.16 Å². The van der Waals surface area contributed by atoms with Gasteiger partial charge in [0.25, 0.3) is 0 Å². The van der Waals surface area contributed by atoms with E-state index in [1.165, 1.54) is 16.7 Å². The van der Waals surface area contributed by atoms with Gasteiger partial charge in [-0.3, -0.25) is 0 Å². The molecule has 0 aliphatic carbocycles. The Bertz CT molecular complexity index is 1020. The van der Waals surface area contributed by atoms with Crippen molar-refractivity contribution in [3.8, 4) is 5.88 Å². The van der Waals surface area contributed by atoms with Gasteiger partial charge in [0.05, 0.1) is 0 Å². The third kappa shape index (κ3) is 5.09. The normalized spacial score (nSPS) is 18.3. The topological polar surface area (TPSA) is 80.7 Å². The number of carbonyl (C=O) groups excluding carboxylic acids is 1. The lowest BCUT2D eigenvalue weighted by Gasteiger charge is -2.34. The number of carbonyl (C=O) groups is 1. The predicted molar refractivity (Wildman–Crippen MR) is 128 cm³/mol. The molecule has 1 amide bonds. The molecule has 0 bridgehead atoms. The number of halogens is 2. The highest BCUT2D eigenvalue weighted by atomic mass is 35.5. The van der Waals surface area contributed by atoms with Gasteiger partial charge in [-0.25, -0.2) is 19.2 Å². The summed E-state index contributed by atoms with van der Waals surface area (Å²) in [4.78, 5) is 29.1. The maximum Gasteiger partial charge on any atom is 0.410 e. The first-order valence-corrected chi connectivity index (χ1v) is 12.9. The summed E-state index contributed by atoms with van der Waals surface area (Å²) in [6, 6.07) is 0. The van der Waals surface area contributed by atoms with Gasteiger partial charge in [-0.15, -0.1) is 11.8 Å². The second-order valence-corrected chi connectivity index (χ2v) is 10.4. The first-order valence-electron chi connectivity index (χ1n) is 9.97. The summed E-state index contributed by atoms with van der Waals surface area (Å²) in [5, 5.41) is 0.300. The molecule has 0 radical (unpaired) electrons. The van der Waals surface area contributed by atoms with E-state index in [0.717, 1.165) is 0 Å². The maximum absolute atomic E-state index is 14.9. The van der Waals surface area contributed by atoms with Crippen LogP contribution in [0.4, 0.5) is 15.0 Å². The van der Waals surface area contributed by atoms with Crippen LogP contribution in [0.2, 0.25) is 5.15 Å². The molecule has 0 aromatic carbocycles. The Morgan fingerprint density at radius 3 is 2.59 bits per heavy atom. The molecule has 0 saturated carbocycles. The number of aromatic nitrogens is 3. The molecule has 2 aromatic heterocycles. The molecule has 2 unspecified atom stereocenters. The lowest BCUT2D eigenvalue weighted by molar-refractivity contribution is 0.0302. The second kappa shape index (κ2) is 9.64. The lowest BCUT2D eigenvalue weighted by atomic mass is 10.2. The van der Waals surface area contributed by atoms with E-state index in [1.54, 1.807) is 18.8 Å². The minimum atomic E-state index is -0.714. The van der Waals surface area contributed by atoms with Crippen molar-refractivity contribution in [3.63, 3.8) is 0 Å². The van der Waals surface area contributed by atoms with Crippen LogP contribution in [0.5, 0.6) is 5.88 Å². The standard InChI is InChI=1S/C20H27ClFN5O3S2/c1-10-17(31-6)27(9-8-26(5)19(28)30-20(2,3)4)15-11-13(23-18(25-15)32-7)12(22)14(21)24-16(11)29-10/h10,17H,8-9H2,1-7H3. The van der Waals surface area contributed by atoms with Crippen molar-refractivity contribution in [2.45, 2.75) is 49.9 Å². The van der Waals surface area contributed by atoms with Gasteiger partial charge in [-0.2, -0.15) is 4.98 Å². The van der Waals surface area contributed by atoms with Crippen molar-refractivity contribution in [3.05, 3.63) is 11.0 Å². The molecule has 0 spiro atoms. The first kappa shape index (κ1) is 24.9. The summed E-state index contributed by atoms with van der Waals surface area (Å²) in [6.45, 7) is 8.14. The molecule has 12 heteroatoms. The molecule has 2 aromatic rings. The Labute approximate surface area is 200 Å². The Kier molecular flexibility index (Phi) is 7.51. The third-order valence-corrected chi connectivity index (χ3v) is 6.67. The van der Waals surface area contributed by atoms with E-state index in [1.807, 2.05) is 45.1 Å². The number of hydrogen-bond donors (Lipinski definition) is 0. The molecule has 32 heavy (non-hydrogen) atoms. The molecule has 2 atom stereocenters. The predicted octanol–water partition coefficient (Wildman–Crippen LogP) is 4.68. The van der Waals surface area contributed by atoms with Gasteiger partial charge >= 0.3 is 6.09 Å². The van der Waals surface area contributed by atoms with Gasteiger partial charge in [0.1, 0.15) is 33.8 Å². The van der Waals surface area contributed by atoms with Gasteiger partial charge in [-0.1, -0.05) is 23.4 Å². The molecule has 3 rings (SSSR count). The molecule has 3 heterocycles. The number of anilines is 1. The SMILES string of the molecule is CSc1nc2c3c(nc(Cl)c(F)c3n1)OC(C)C(SC)N2CCN(C)C(=O)OC(C)(C)C. The average molecular weight is 504 g/mol. The van der Waals surface area contributed by atoms with Gasteiger partial charge in [-0.05, 0) is 40.2 Å². The zero-order chi connectivity index (χ0) is 23.8. The van der Waals surface area contributed by atoms with E-state index in [0.29, 0.717) is 29.5 Å². The van der Waals surface area contributed by atoms with E-state index in [4.69, 9.17) is 21.1 Å². The fraction of sp³-hybridized carbons (Fsp3) is 0.600. The highest BCUT2D eigenvalue weighted by Gasteiger charge is 2.35. The van der Waals surface area contributed by atoms with E-state index in [9.17, 15) is 9.18 Å². The Balaban J connectivity index is 2.06. The fourth-order valence-corrected chi connectivity index (χ4v) is 4.74. The van der Waals surface area contributed by atoms with Crippen LogP contribution < -0.4 is 9.64 Å². The fourth-order valence-electron chi connectivity index (χ4n) is 3.31. The molecular formula is C20H27ClFN5O3S2. The minimum Gasteiger partial charge on any atom is -0.471 e. The van der Waals surface area contributed by atoms with Gasteiger partial charge < -0.3 is 19.3 Å². The van der Waals surface area contributed by atoms with Crippen LogP contribution in [0.3, 0.4) is 0 Å². The second-order valence-electron chi connectivity index (χ2n) is 8.32. The molecular weight excluding hydrogens is 477 g/mol. The summed E-state index contributed by atoms with van der Waals surface area (Å²) in [5.41, 5.74) is -0.528. The number of likely N-dealkylation sites (N-methyl/N-ethyl adjacent to an activating group) is 1. The molecule has 1 aliphatic heterocycles. The van der Waals surface area contributed by atoms with Gasteiger partial charge in [0, 0.05) is 20.1 Å². The number of thioether (sulfide) groups is 2. The van der Waals surface area contributed by atoms with Crippen molar-refractivity contribution in [1.82, 2.24) is 19.9 Å². The van der Waals surface area contributed by atoms with E-state index in [-0.39, 0.29) is 28.0 Å². The zero-order valence-electron chi connectivity index (χ0n) is 19.1. The monoisotopic (exact) mass is 503 g/mol. The number of ether oxygens (including phenoxy) is 2. The Hall–Kier alpha value is -1.72. The van der Waals surface area contributed by atoms with Crippen molar-refractivity contribution in [1.29, 1.82) is 0 Å². The van der Waals surface area contributed by atoms with Crippen molar-refractivity contribution < 1.29 is 18.7 Å². The largest absolute Gasteiger partial charge is 0.471 e. The van der Waals surface area contributed by atoms with Crippen LogP contribution in [-0.2, 0) is 4.74 Å². The third-order valence-electron chi connectivity index (χ3n) is 4.76. The van der Waals surface area contributed by atoms with Gasteiger partial charge in [0.15, 0.2) is 16.1 Å². The quantitative estimate of drug-likeness (QED) is 0.328. The van der Waals surface area contributed by atoms with Crippen molar-refractivity contribution in [2.24, 2.45) is 0 Å². The molecule has 1 aliphatic rings. The van der Waals surface area contributed by atoms with E-state index in [2.05, 4.69) is 15.0 Å². The first-order chi connectivity index (χ1) is 15.0. The number of pyridine rings is 1. The summed E-state index contributed by atoms with van der Waals surface area (Å²) < 4.78 is 26.4. The summed E-state index contributed by atoms with van der Waals surface area (Å²) in [7, 11) is 1.68. The molecule has 0 saturated heterocycles. The van der Waals surface area contributed by atoms with Crippen LogP contribution >= 0.6 is 35.1 Å². The molecule has 8 nitrogen and oxygen atoms in total. The average Bonchev–Trinajstić information content (AvgIpc) is 2.82. The molecule has 0 N–H and O–H groups in total. The van der Waals surface area contributed by atoms with Crippen LogP contribution in [0, 0.1) is 5.82 Å². The summed E-state index contributed by atoms with van der Waals surface area (Å²) in [6.07, 6.45) is 3.04. The van der Waals surface area contributed by atoms with Gasteiger partial charge in [0.2, 0.25) is 5.88 Å². The highest BCUT2D eigenvalue weighted by molar-refractivity contribution is 7.99.